The molecule has 0 atom stereocenters. The molecule has 0 unspecified atom stereocenters. The van der Waals surface area contributed by atoms with Gasteiger partial charge in [0.1, 0.15) is 11.4 Å². The number of pyridine rings is 1. The van der Waals surface area contributed by atoms with Crippen LogP contribution in [0.3, 0.4) is 0 Å². The maximum atomic E-state index is 5.80. The van der Waals surface area contributed by atoms with Gasteiger partial charge in [-0.3, -0.25) is 0 Å². The number of hydrogen-bond donors (Lipinski definition) is 0. The Morgan fingerprint density at radius 1 is 0.550 bits per heavy atom. The topological polar surface area (TPSA) is 67.0 Å². The van der Waals surface area contributed by atoms with Gasteiger partial charge in [0.25, 0.3) is 0 Å². The van der Waals surface area contributed by atoms with Crippen molar-refractivity contribution < 1.29 is 63.8 Å². The molecule has 1 radical (unpaired) electrons. The predicted molar refractivity (Wildman–Crippen MR) is 144 cm³/mol. The summed E-state index contributed by atoms with van der Waals surface area (Å²) in [7, 11) is 0. The van der Waals surface area contributed by atoms with Crippen LogP contribution in [0, 0.1) is 0 Å². The molecule has 3 aromatic heterocycles. The van der Waals surface area contributed by atoms with Crippen molar-refractivity contribution in [2.45, 2.75) is 39.8 Å². The summed E-state index contributed by atoms with van der Waals surface area (Å²) in [6.45, 7) is 8.46. The molecular formula is C29H33Cl3FeN5O2. The van der Waals surface area contributed by atoms with Crippen molar-refractivity contribution in [1.82, 2.24) is 24.1 Å². The maximum Gasteiger partial charge on any atom is 3.00 e. The summed E-state index contributed by atoms with van der Waals surface area (Å²) >= 11 is 0. The summed E-state index contributed by atoms with van der Waals surface area (Å²) in [5.41, 5.74) is 5.71. The first-order valence-electron chi connectivity index (χ1n) is 12.8. The van der Waals surface area contributed by atoms with Crippen LogP contribution in [0.2, 0.25) is 0 Å². The van der Waals surface area contributed by atoms with E-state index < -0.39 is 0 Å². The van der Waals surface area contributed by atoms with Crippen molar-refractivity contribution in [2.75, 3.05) is 26.4 Å². The molecule has 40 heavy (non-hydrogen) atoms. The molecular weight excluding hydrogens is 613 g/mol. The molecule has 11 heteroatoms. The van der Waals surface area contributed by atoms with E-state index in [2.05, 4.69) is 35.1 Å². The predicted octanol–water partition coefficient (Wildman–Crippen LogP) is -3.02. The van der Waals surface area contributed by atoms with Crippen LogP contribution in [0.1, 0.15) is 26.7 Å². The summed E-state index contributed by atoms with van der Waals surface area (Å²) in [5.74, 6) is 1.68. The molecule has 5 rings (SSSR count). The second-order valence-electron chi connectivity index (χ2n) is 8.78. The normalized spacial score (nSPS) is 10.4. The van der Waals surface area contributed by atoms with Gasteiger partial charge in [-0.25, -0.2) is 15.0 Å². The van der Waals surface area contributed by atoms with Crippen molar-refractivity contribution in [3.8, 4) is 23.0 Å². The number of imidazole rings is 2. The summed E-state index contributed by atoms with van der Waals surface area (Å²) in [5, 5.41) is 0. The third kappa shape index (κ3) is 7.98. The summed E-state index contributed by atoms with van der Waals surface area (Å²) in [6, 6.07) is 22.5. The number of hydrogen-bond acceptors (Lipinski definition) is 5. The Kier molecular flexibility index (Phi) is 15.8. The minimum absolute atomic E-state index is 0. The zero-order chi connectivity index (χ0) is 24.7. The van der Waals surface area contributed by atoms with Gasteiger partial charge in [-0.2, -0.15) is 0 Å². The molecule has 0 bridgehead atoms. The summed E-state index contributed by atoms with van der Waals surface area (Å²) in [4.78, 5) is 15.0. The van der Waals surface area contributed by atoms with E-state index >= 15 is 0 Å². The van der Waals surface area contributed by atoms with Crippen LogP contribution >= 0.6 is 0 Å². The Labute approximate surface area is 264 Å². The average molecular weight is 646 g/mol. The van der Waals surface area contributed by atoms with E-state index in [9.17, 15) is 0 Å². The van der Waals surface area contributed by atoms with Crippen LogP contribution in [-0.2, 0) is 39.6 Å². The number of aromatic nitrogens is 5. The quantitative estimate of drug-likeness (QED) is 0.107. The van der Waals surface area contributed by atoms with Gasteiger partial charge in [-0.15, -0.1) is 0 Å². The second kappa shape index (κ2) is 17.6. The van der Waals surface area contributed by atoms with Gasteiger partial charge in [0, 0.05) is 26.3 Å². The Bertz CT molecular complexity index is 1360. The summed E-state index contributed by atoms with van der Waals surface area (Å²) in [6.07, 6.45) is 2.01. The molecule has 215 valence electrons. The Morgan fingerprint density at radius 2 is 0.975 bits per heavy atom. The molecule has 0 saturated carbocycles. The van der Waals surface area contributed by atoms with Gasteiger partial charge >= 0.3 is 17.1 Å². The van der Waals surface area contributed by atoms with Crippen LogP contribution < -0.4 is 37.2 Å². The maximum absolute atomic E-state index is 5.80. The van der Waals surface area contributed by atoms with Crippen LogP contribution in [-0.4, -0.2) is 50.5 Å². The van der Waals surface area contributed by atoms with Crippen LogP contribution in [0.15, 0.2) is 66.7 Å². The summed E-state index contributed by atoms with van der Waals surface area (Å²) < 4.78 is 16.0. The fourth-order valence-electron chi connectivity index (χ4n) is 4.48. The average Bonchev–Trinajstić information content (AvgIpc) is 3.48. The number of nitrogens with zero attached hydrogens (tertiary/aromatic N) is 5. The van der Waals surface area contributed by atoms with Crippen molar-refractivity contribution in [3.05, 3.63) is 66.7 Å². The number of fused-ring (bicyclic) bond motifs is 2. The molecule has 0 aliphatic heterocycles. The molecule has 7 nitrogen and oxygen atoms in total. The second-order valence-corrected chi connectivity index (χ2v) is 8.78. The van der Waals surface area contributed by atoms with Gasteiger partial charge in [0.15, 0.2) is 11.6 Å². The van der Waals surface area contributed by atoms with E-state index in [-0.39, 0.29) is 54.3 Å². The van der Waals surface area contributed by atoms with Gasteiger partial charge < -0.3 is 55.8 Å². The van der Waals surface area contributed by atoms with Crippen molar-refractivity contribution in [3.63, 3.8) is 0 Å². The largest absolute Gasteiger partial charge is 3.00 e. The van der Waals surface area contributed by atoms with E-state index in [0.717, 1.165) is 84.2 Å². The first kappa shape index (κ1) is 35.9. The zero-order valence-electron chi connectivity index (χ0n) is 22.5. The zero-order valence-corrected chi connectivity index (χ0v) is 25.9. The van der Waals surface area contributed by atoms with E-state index in [1.54, 1.807) is 0 Å². The molecule has 0 N–H and O–H groups in total. The van der Waals surface area contributed by atoms with Crippen molar-refractivity contribution in [1.29, 1.82) is 0 Å². The molecule has 0 saturated heterocycles. The standard InChI is InChI=1S/C29H33N5O2.3ClH.Fe/c1-3-18-35-20-16-33-26-14-7-5-10-22(26)31-28(33)24-12-9-13-25(30-24)29-32-23-11-6-8-15-27(23)34(29)17-21-36-19-4-2;;;;/h5-15H,3-4,16-21H2,1-2H3;3*1H;/q;;;;+3/p-3. The van der Waals surface area contributed by atoms with Crippen molar-refractivity contribution in [2.24, 2.45) is 0 Å². The number of halogens is 3. The SMILES string of the molecule is CCCOCCn1c(-c2cccc(-c3nc4ccccc4n3CCOCCC)n2)nc2ccccc21.[Cl-].[Cl-].[Cl-].[Fe+3]. The Morgan fingerprint density at radius 3 is 1.40 bits per heavy atom. The van der Waals surface area contributed by atoms with E-state index in [1.807, 2.05) is 54.6 Å². The molecule has 0 aliphatic carbocycles. The van der Waals surface area contributed by atoms with Crippen molar-refractivity contribution >= 4 is 22.1 Å². The van der Waals surface area contributed by atoms with Gasteiger partial charge in [-0.05, 0) is 49.2 Å². The number of benzene rings is 2. The van der Waals surface area contributed by atoms with E-state index in [0.29, 0.717) is 13.2 Å². The van der Waals surface area contributed by atoms with Gasteiger partial charge in [0.05, 0.1) is 35.3 Å². The minimum atomic E-state index is 0. The molecule has 0 amide bonds. The molecule has 0 spiro atoms. The van der Waals surface area contributed by atoms with Crippen LogP contribution in [0.4, 0.5) is 0 Å². The third-order valence-electron chi connectivity index (χ3n) is 6.13. The number of rotatable bonds is 12. The fraction of sp³-hybridized carbons (Fsp3) is 0.345. The Balaban J connectivity index is 0.00000200. The van der Waals surface area contributed by atoms with E-state index in [4.69, 9.17) is 24.4 Å². The molecule has 3 heterocycles. The fourth-order valence-corrected chi connectivity index (χ4v) is 4.48. The van der Waals surface area contributed by atoms with Crippen LogP contribution in [0.5, 0.6) is 0 Å². The number of para-hydroxylation sites is 4. The van der Waals surface area contributed by atoms with Gasteiger partial charge in [-0.1, -0.05) is 44.2 Å². The number of ether oxygens (including phenoxy) is 2. The molecule has 2 aromatic carbocycles. The minimum Gasteiger partial charge on any atom is -1.00 e. The monoisotopic (exact) mass is 644 g/mol. The first-order chi connectivity index (χ1) is 17.8. The first-order valence-corrected chi connectivity index (χ1v) is 12.8. The Hall–Kier alpha value is -2.16. The molecule has 0 aliphatic rings. The molecule has 0 fully saturated rings. The smallest absolute Gasteiger partial charge is 1.00 e. The van der Waals surface area contributed by atoms with Gasteiger partial charge in [0.2, 0.25) is 0 Å². The molecule has 5 aromatic rings. The van der Waals surface area contributed by atoms with Crippen LogP contribution in [0.25, 0.3) is 45.1 Å². The third-order valence-corrected chi connectivity index (χ3v) is 6.13. The van der Waals surface area contributed by atoms with E-state index in [1.165, 1.54) is 0 Å².